The second kappa shape index (κ2) is 7.19. The Morgan fingerprint density at radius 2 is 1.77 bits per heavy atom. The summed E-state index contributed by atoms with van der Waals surface area (Å²) in [5.41, 5.74) is 4.38. The minimum atomic E-state index is -4.48. The first-order chi connectivity index (χ1) is 9.55. The highest BCUT2D eigenvalue weighted by Gasteiger charge is 2.39. The SMILES string of the molecule is COC(=O)C(C)(C)[C@H](N)c1ccc(C(F)(F)F)cc1OC.Cl. The number of nitrogens with two attached hydrogens (primary N) is 1. The first-order valence-electron chi connectivity index (χ1n) is 6.14. The molecule has 0 heterocycles. The molecule has 8 heteroatoms. The molecule has 0 amide bonds. The lowest BCUT2D eigenvalue weighted by atomic mass is 9.80. The van der Waals surface area contributed by atoms with Crippen molar-refractivity contribution in [2.45, 2.75) is 26.1 Å². The topological polar surface area (TPSA) is 61.5 Å². The predicted molar refractivity (Wildman–Crippen MR) is 78.0 cm³/mol. The highest BCUT2D eigenvalue weighted by atomic mass is 35.5. The fourth-order valence-corrected chi connectivity index (χ4v) is 1.92. The molecule has 1 aromatic carbocycles. The smallest absolute Gasteiger partial charge is 0.416 e. The zero-order valence-electron chi connectivity index (χ0n) is 12.7. The molecule has 0 saturated heterocycles. The normalized spacial score (nSPS) is 13.1. The van der Waals surface area contributed by atoms with E-state index in [0.29, 0.717) is 5.56 Å². The number of ether oxygens (including phenoxy) is 2. The van der Waals surface area contributed by atoms with Crippen LogP contribution in [0.1, 0.15) is 31.0 Å². The molecule has 0 aromatic heterocycles. The largest absolute Gasteiger partial charge is 0.496 e. The van der Waals surface area contributed by atoms with E-state index in [2.05, 4.69) is 4.74 Å². The van der Waals surface area contributed by atoms with Gasteiger partial charge in [0.05, 0.1) is 25.2 Å². The number of alkyl halides is 3. The van der Waals surface area contributed by atoms with E-state index in [1.54, 1.807) is 13.8 Å². The van der Waals surface area contributed by atoms with Gasteiger partial charge in [-0.15, -0.1) is 12.4 Å². The first-order valence-corrected chi connectivity index (χ1v) is 6.14. The number of esters is 1. The van der Waals surface area contributed by atoms with Gasteiger partial charge < -0.3 is 15.2 Å². The maximum atomic E-state index is 12.7. The molecule has 0 aliphatic carbocycles. The molecule has 0 saturated carbocycles. The summed E-state index contributed by atoms with van der Waals surface area (Å²) in [6.45, 7) is 3.11. The lowest BCUT2D eigenvalue weighted by Gasteiger charge is -2.30. The maximum Gasteiger partial charge on any atom is 0.416 e. The van der Waals surface area contributed by atoms with E-state index in [4.69, 9.17) is 10.5 Å². The Morgan fingerprint density at radius 1 is 1.23 bits per heavy atom. The zero-order chi connectivity index (χ0) is 16.4. The number of carbonyl (C=O) groups is 1. The van der Waals surface area contributed by atoms with E-state index >= 15 is 0 Å². The van der Waals surface area contributed by atoms with Gasteiger partial charge in [-0.25, -0.2) is 0 Å². The van der Waals surface area contributed by atoms with Gasteiger partial charge in [-0.3, -0.25) is 4.79 Å². The van der Waals surface area contributed by atoms with Crippen molar-refractivity contribution < 1.29 is 27.4 Å². The van der Waals surface area contributed by atoms with Crippen LogP contribution in [0.15, 0.2) is 18.2 Å². The van der Waals surface area contributed by atoms with E-state index in [1.807, 2.05) is 0 Å². The average molecular weight is 342 g/mol. The summed E-state index contributed by atoms with van der Waals surface area (Å²) in [5.74, 6) is -0.578. The Labute approximate surface area is 133 Å². The molecule has 0 aliphatic heterocycles. The van der Waals surface area contributed by atoms with Crippen molar-refractivity contribution in [2.75, 3.05) is 14.2 Å². The van der Waals surface area contributed by atoms with Crippen LogP contribution in [-0.4, -0.2) is 20.2 Å². The van der Waals surface area contributed by atoms with Crippen LogP contribution in [0.5, 0.6) is 5.75 Å². The van der Waals surface area contributed by atoms with Gasteiger partial charge in [0.1, 0.15) is 5.75 Å². The van der Waals surface area contributed by atoms with Gasteiger partial charge in [-0.2, -0.15) is 13.2 Å². The van der Waals surface area contributed by atoms with E-state index in [1.165, 1.54) is 20.3 Å². The van der Waals surface area contributed by atoms with Crippen LogP contribution in [-0.2, 0) is 15.7 Å². The molecular formula is C14H19ClF3NO3. The minimum absolute atomic E-state index is 0. The van der Waals surface area contributed by atoms with Crippen molar-refractivity contribution in [1.29, 1.82) is 0 Å². The van der Waals surface area contributed by atoms with Crippen molar-refractivity contribution in [2.24, 2.45) is 11.1 Å². The molecule has 4 nitrogen and oxygen atoms in total. The number of hydrogen-bond acceptors (Lipinski definition) is 4. The van der Waals surface area contributed by atoms with E-state index < -0.39 is 29.2 Å². The monoisotopic (exact) mass is 341 g/mol. The second-order valence-electron chi connectivity index (χ2n) is 5.15. The number of carbonyl (C=O) groups excluding carboxylic acids is 1. The Bertz CT molecular complexity index is 533. The van der Waals surface area contributed by atoms with Crippen molar-refractivity contribution in [3.05, 3.63) is 29.3 Å². The van der Waals surface area contributed by atoms with Crippen molar-refractivity contribution in [3.63, 3.8) is 0 Å². The molecule has 0 aliphatic rings. The predicted octanol–water partition coefficient (Wildman–Crippen LogP) is 3.33. The number of halogens is 4. The Hall–Kier alpha value is -1.47. The summed E-state index contributed by atoms with van der Waals surface area (Å²) in [5, 5.41) is 0. The van der Waals surface area contributed by atoms with Gasteiger partial charge >= 0.3 is 12.1 Å². The van der Waals surface area contributed by atoms with Gasteiger partial charge in [0, 0.05) is 11.6 Å². The number of methoxy groups -OCH3 is 2. The highest BCUT2D eigenvalue weighted by Crippen LogP contribution is 2.39. The summed E-state index contributed by atoms with van der Waals surface area (Å²) >= 11 is 0. The average Bonchev–Trinajstić information content (AvgIpc) is 2.43. The molecule has 0 spiro atoms. The number of rotatable bonds is 4. The van der Waals surface area contributed by atoms with Crippen LogP contribution in [0.3, 0.4) is 0 Å². The Morgan fingerprint density at radius 3 is 2.18 bits per heavy atom. The molecule has 1 aromatic rings. The summed E-state index contributed by atoms with van der Waals surface area (Å²) < 4.78 is 47.7. The zero-order valence-corrected chi connectivity index (χ0v) is 13.5. The third-order valence-corrected chi connectivity index (χ3v) is 3.38. The summed E-state index contributed by atoms with van der Waals surface area (Å²) in [4.78, 5) is 11.8. The molecule has 1 atom stereocenters. The Balaban J connectivity index is 0.00000441. The van der Waals surface area contributed by atoms with Gasteiger partial charge in [-0.1, -0.05) is 6.07 Å². The van der Waals surface area contributed by atoms with Crippen LogP contribution < -0.4 is 10.5 Å². The molecule has 0 radical (unpaired) electrons. The van der Waals surface area contributed by atoms with Crippen molar-refractivity contribution in [3.8, 4) is 5.75 Å². The second-order valence-corrected chi connectivity index (χ2v) is 5.15. The third kappa shape index (κ3) is 4.04. The first kappa shape index (κ1) is 20.5. The number of benzene rings is 1. The summed E-state index contributed by atoms with van der Waals surface area (Å²) in [7, 11) is 2.47. The maximum absolute atomic E-state index is 12.7. The minimum Gasteiger partial charge on any atom is -0.496 e. The van der Waals surface area contributed by atoms with Gasteiger partial charge in [0.2, 0.25) is 0 Å². The van der Waals surface area contributed by atoms with Gasteiger partial charge in [0.25, 0.3) is 0 Å². The van der Waals surface area contributed by atoms with E-state index in [-0.39, 0.29) is 18.2 Å². The van der Waals surface area contributed by atoms with E-state index in [0.717, 1.165) is 12.1 Å². The molecule has 0 fully saturated rings. The highest BCUT2D eigenvalue weighted by molar-refractivity contribution is 5.85. The molecule has 2 N–H and O–H groups in total. The molecular weight excluding hydrogens is 323 g/mol. The fourth-order valence-electron chi connectivity index (χ4n) is 1.92. The molecule has 0 bridgehead atoms. The molecule has 22 heavy (non-hydrogen) atoms. The van der Waals surface area contributed by atoms with Crippen LogP contribution >= 0.6 is 12.4 Å². The lowest BCUT2D eigenvalue weighted by Crippen LogP contribution is -2.37. The standard InChI is InChI=1S/C14H18F3NO3.ClH/c1-13(2,12(19)21-4)11(18)9-6-5-8(14(15,16)17)7-10(9)20-3;/h5-7,11H,18H2,1-4H3;1H/t11-;/m1./s1. The number of hydrogen-bond donors (Lipinski definition) is 1. The van der Waals surface area contributed by atoms with E-state index in [9.17, 15) is 18.0 Å². The Kier molecular flexibility index (Phi) is 6.71. The lowest BCUT2D eigenvalue weighted by molar-refractivity contribution is -0.152. The molecule has 0 unspecified atom stereocenters. The molecule has 126 valence electrons. The van der Waals surface area contributed by atoms with Crippen LogP contribution in [0.4, 0.5) is 13.2 Å². The van der Waals surface area contributed by atoms with Crippen molar-refractivity contribution >= 4 is 18.4 Å². The third-order valence-electron chi connectivity index (χ3n) is 3.38. The van der Waals surface area contributed by atoms with Gasteiger partial charge in [0.15, 0.2) is 0 Å². The van der Waals surface area contributed by atoms with Crippen LogP contribution in [0.2, 0.25) is 0 Å². The summed E-state index contributed by atoms with van der Waals surface area (Å²) in [6.07, 6.45) is -4.48. The van der Waals surface area contributed by atoms with Gasteiger partial charge in [-0.05, 0) is 26.0 Å². The van der Waals surface area contributed by atoms with Crippen LogP contribution in [0, 0.1) is 5.41 Å². The molecule has 1 rings (SSSR count). The van der Waals surface area contributed by atoms with Crippen molar-refractivity contribution in [1.82, 2.24) is 0 Å². The van der Waals surface area contributed by atoms with Crippen LogP contribution in [0.25, 0.3) is 0 Å². The quantitative estimate of drug-likeness (QED) is 0.853. The summed E-state index contributed by atoms with van der Waals surface area (Å²) in [6, 6.07) is 2.12. The fraction of sp³-hybridized carbons (Fsp3) is 0.500.